The average molecular weight is 305 g/mol. The van der Waals surface area contributed by atoms with Crippen molar-refractivity contribution in [2.45, 2.75) is 19.1 Å². The van der Waals surface area contributed by atoms with Crippen LogP contribution in [0.2, 0.25) is 0 Å². The Morgan fingerprint density at radius 3 is 2.27 bits per heavy atom. The summed E-state index contributed by atoms with van der Waals surface area (Å²) in [5, 5.41) is 0. The Morgan fingerprint density at radius 1 is 0.955 bits per heavy atom. The minimum Gasteiger partial charge on any atom is -0.341 e. The Labute approximate surface area is 126 Å². The molecule has 0 N–H and O–H groups in total. The molecule has 0 aromatic heterocycles. The van der Waals surface area contributed by atoms with Crippen LogP contribution >= 0.6 is 0 Å². The molecule has 2 aromatic rings. The Bertz CT molecular complexity index is 692. The molecule has 1 aliphatic rings. The van der Waals surface area contributed by atoms with Crippen molar-refractivity contribution in [3.63, 3.8) is 0 Å². The van der Waals surface area contributed by atoms with Gasteiger partial charge in [-0.2, -0.15) is 13.2 Å². The lowest BCUT2D eigenvalue weighted by molar-refractivity contribution is -0.137. The molecule has 0 atom stereocenters. The number of carbonyl (C=O) groups excluding carboxylic acids is 1. The van der Waals surface area contributed by atoms with Crippen LogP contribution in [0.3, 0.4) is 0 Å². The maximum Gasteiger partial charge on any atom is 0.416 e. The minimum atomic E-state index is -4.32. The molecule has 1 amide bonds. The lowest BCUT2D eigenvalue weighted by Gasteiger charge is -2.25. The van der Waals surface area contributed by atoms with Gasteiger partial charge in [0.15, 0.2) is 0 Å². The van der Waals surface area contributed by atoms with Gasteiger partial charge >= 0.3 is 6.18 Å². The number of halogens is 3. The molecular weight excluding hydrogens is 291 g/mol. The van der Waals surface area contributed by atoms with E-state index in [9.17, 15) is 18.0 Å². The van der Waals surface area contributed by atoms with Crippen molar-refractivity contribution >= 4 is 6.41 Å². The maximum atomic E-state index is 12.6. The minimum absolute atomic E-state index is 0.549. The van der Waals surface area contributed by atoms with E-state index in [0.717, 1.165) is 41.7 Å². The van der Waals surface area contributed by atoms with Crippen molar-refractivity contribution in [1.82, 2.24) is 4.90 Å². The van der Waals surface area contributed by atoms with Gasteiger partial charge in [0, 0.05) is 13.1 Å². The Morgan fingerprint density at radius 2 is 1.64 bits per heavy atom. The lowest BCUT2D eigenvalue weighted by Crippen LogP contribution is -2.29. The Balaban J connectivity index is 1.91. The number of amides is 1. The van der Waals surface area contributed by atoms with Gasteiger partial charge in [0.1, 0.15) is 0 Å². The van der Waals surface area contributed by atoms with Crippen LogP contribution in [0.25, 0.3) is 11.1 Å². The normalized spacial score (nSPS) is 14.6. The quantitative estimate of drug-likeness (QED) is 0.771. The van der Waals surface area contributed by atoms with Gasteiger partial charge in [-0.1, -0.05) is 24.3 Å². The van der Waals surface area contributed by atoms with E-state index in [2.05, 4.69) is 0 Å². The van der Waals surface area contributed by atoms with Crippen molar-refractivity contribution in [3.8, 4) is 11.1 Å². The molecule has 0 saturated heterocycles. The SMILES string of the molecule is O=CN1CCc2ccc(-c3ccc(C(F)(F)F)cc3)cc2C1. The van der Waals surface area contributed by atoms with E-state index < -0.39 is 11.7 Å². The van der Waals surface area contributed by atoms with Crippen LogP contribution in [0, 0.1) is 0 Å². The average Bonchev–Trinajstić information content (AvgIpc) is 2.53. The zero-order valence-corrected chi connectivity index (χ0v) is 11.7. The molecule has 0 aliphatic carbocycles. The van der Waals surface area contributed by atoms with Crippen LogP contribution in [-0.2, 0) is 23.9 Å². The predicted molar refractivity (Wildman–Crippen MR) is 77.1 cm³/mol. The molecule has 0 spiro atoms. The summed E-state index contributed by atoms with van der Waals surface area (Å²) in [5.41, 5.74) is 3.19. The summed E-state index contributed by atoms with van der Waals surface area (Å²) in [6.07, 6.45) is -2.69. The summed E-state index contributed by atoms with van der Waals surface area (Å²) < 4.78 is 37.8. The predicted octanol–water partition coefficient (Wildman–Crippen LogP) is 3.89. The van der Waals surface area contributed by atoms with Crippen LogP contribution in [0.15, 0.2) is 42.5 Å². The first kappa shape index (κ1) is 14.6. The van der Waals surface area contributed by atoms with E-state index in [4.69, 9.17) is 0 Å². The molecule has 114 valence electrons. The second-order valence-electron chi connectivity index (χ2n) is 5.38. The molecule has 2 aromatic carbocycles. The maximum absolute atomic E-state index is 12.6. The number of nitrogens with zero attached hydrogens (tertiary/aromatic N) is 1. The molecule has 0 saturated carbocycles. The van der Waals surface area contributed by atoms with Gasteiger partial charge in [-0.25, -0.2) is 0 Å². The third-order valence-corrected chi connectivity index (χ3v) is 3.94. The number of alkyl halides is 3. The molecule has 22 heavy (non-hydrogen) atoms. The van der Waals surface area contributed by atoms with Gasteiger partial charge in [-0.3, -0.25) is 4.79 Å². The van der Waals surface area contributed by atoms with Crippen molar-refractivity contribution < 1.29 is 18.0 Å². The molecule has 1 aliphatic heterocycles. The molecule has 5 heteroatoms. The topological polar surface area (TPSA) is 20.3 Å². The first-order chi connectivity index (χ1) is 10.5. The van der Waals surface area contributed by atoms with Crippen LogP contribution in [0.1, 0.15) is 16.7 Å². The van der Waals surface area contributed by atoms with E-state index in [1.807, 2.05) is 18.2 Å². The fourth-order valence-corrected chi connectivity index (χ4v) is 2.70. The van der Waals surface area contributed by atoms with E-state index in [-0.39, 0.29) is 0 Å². The Hall–Kier alpha value is -2.30. The van der Waals surface area contributed by atoms with Crippen LogP contribution in [0.5, 0.6) is 0 Å². The summed E-state index contributed by atoms with van der Waals surface area (Å²) in [7, 11) is 0. The van der Waals surface area contributed by atoms with E-state index in [0.29, 0.717) is 13.1 Å². The van der Waals surface area contributed by atoms with Gasteiger partial charge in [0.2, 0.25) is 6.41 Å². The summed E-state index contributed by atoms with van der Waals surface area (Å²) in [6.45, 7) is 1.25. The first-order valence-corrected chi connectivity index (χ1v) is 6.96. The molecule has 0 fully saturated rings. The number of hydrogen-bond donors (Lipinski definition) is 0. The molecule has 1 heterocycles. The monoisotopic (exact) mass is 305 g/mol. The van der Waals surface area contributed by atoms with Gasteiger partial charge in [-0.15, -0.1) is 0 Å². The summed E-state index contributed by atoms with van der Waals surface area (Å²) in [4.78, 5) is 12.6. The first-order valence-electron chi connectivity index (χ1n) is 6.96. The van der Waals surface area contributed by atoms with Crippen molar-refractivity contribution in [2.75, 3.05) is 6.54 Å². The number of rotatable bonds is 2. The summed E-state index contributed by atoms with van der Waals surface area (Å²) >= 11 is 0. The van der Waals surface area contributed by atoms with Gasteiger partial charge in [0.05, 0.1) is 5.56 Å². The molecule has 0 bridgehead atoms. The Kier molecular flexibility index (Phi) is 3.64. The van der Waals surface area contributed by atoms with Crippen molar-refractivity contribution in [3.05, 3.63) is 59.2 Å². The number of fused-ring (bicyclic) bond motifs is 1. The van der Waals surface area contributed by atoms with E-state index >= 15 is 0 Å². The molecule has 3 rings (SSSR count). The summed E-state index contributed by atoms with van der Waals surface area (Å²) in [5.74, 6) is 0. The highest BCUT2D eigenvalue weighted by Gasteiger charge is 2.30. The second kappa shape index (κ2) is 5.48. The van der Waals surface area contributed by atoms with Crippen LogP contribution < -0.4 is 0 Å². The van der Waals surface area contributed by atoms with Crippen molar-refractivity contribution in [1.29, 1.82) is 0 Å². The van der Waals surface area contributed by atoms with E-state index in [1.54, 1.807) is 4.90 Å². The molecule has 2 nitrogen and oxygen atoms in total. The highest BCUT2D eigenvalue weighted by atomic mass is 19.4. The lowest BCUT2D eigenvalue weighted by atomic mass is 9.94. The summed E-state index contributed by atoms with van der Waals surface area (Å²) in [6, 6.07) is 11.0. The molecule has 0 radical (unpaired) electrons. The van der Waals surface area contributed by atoms with Gasteiger partial charge < -0.3 is 4.90 Å². The van der Waals surface area contributed by atoms with Crippen LogP contribution in [0.4, 0.5) is 13.2 Å². The largest absolute Gasteiger partial charge is 0.416 e. The zero-order valence-electron chi connectivity index (χ0n) is 11.7. The standard InChI is InChI=1S/C17H14F3NO/c18-17(19,20)16-5-3-12(4-6-16)14-2-1-13-7-8-21(11-22)10-15(13)9-14/h1-6,9,11H,7-8,10H2. The smallest absolute Gasteiger partial charge is 0.341 e. The third-order valence-electron chi connectivity index (χ3n) is 3.94. The number of benzene rings is 2. The van der Waals surface area contributed by atoms with Gasteiger partial charge in [-0.05, 0) is 46.9 Å². The van der Waals surface area contributed by atoms with Gasteiger partial charge in [0.25, 0.3) is 0 Å². The fraction of sp³-hybridized carbons (Fsp3) is 0.235. The highest BCUT2D eigenvalue weighted by molar-refractivity contribution is 5.66. The fourth-order valence-electron chi connectivity index (χ4n) is 2.70. The number of carbonyl (C=O) groups is 1. The van der Waals surface area contributed by atoms with E-state index in [1.165, 1.54) is 17.7 Å². The molecular formula is C17H14F3NO. The molecule has 0 unspecified atom stereocenters. The number of hydrogen-bond acceptors (Lipinski definition) is 1. The third kappa shape index (κ3) is 2.84. The highest BCUT2D eigenvalue weighted by Crippen LogP contribution is 2.32. The van der Waals surface area contributed by atoms with Crippen LogP contribution in [-0.4, -0.2) is 17.9 Å². The zero-order chi connectivity index (χ0) is 15.7. The van der Waals surface area contributed by atoms with Crippen molar-refractivity contribution in [2.24, 2.45) is 0 Å². The second-order valence-corrected chi connectivity index (χ2v) is 5.38.